The number of fused-ring (bicyclic) bond motifs is 2. The topological polar surface area (TPSA) is 50.2 Å². The van der Waals surface area contributed by atoms with Gasteiger partial charge in [0.1, 0.15) is 5.69 Å². The summed E-state index contributed by atoms with van der Waals surface area (Å²) >= 11 is 1.63. The Hall–Kier alpha value is -2.44. The molecule has 0 aliphatic carbocycles. The van der Waals surface area contributed by atoms with Gasteiger partial charge in [-0.25, -0.2) is 4.68 Å². The summed E-state index contributed by atoms with van der Waals surface area (Å²) in [4.78, 5) is 16.8. The molecule has 5 nitrogen and oxygen atoms in total. The normalized spacial score (nSPS) is 22.0. The number of nitrogens with one attached hydrogen (secondary N) is 1. The summed E-state index contributed by atoms with van der Waals surface area (Å²) in [5.74, 6) is 0.122. The summed E-state index contributed by atoms with van der Waals surface area (Å²) in [5, 5.41) is 10.3. The molecule has 0 radical (unpaired) electrons. The number of benzene rings is 1. The van der Waals surface area contributed by atoms with Crippen molar-refractivity contribution in [3.8, 4) is 16.3 Å². The molecule has 2 bridgehead atoms. The fourth-order valence-electron chi connectivity index (χ4n) is 4.29. The van der Waals surface area contributed by atoms with Crippen LogP contribution in [0.15, 0.2) is 54.0 Å². The zero-order chi connectivity index (χ0) is 18.2. The lowest BCUT2D eigenvalue weighted by Gasteiger charge is -2.27. The Morgan fingerprint density at radius 3 is 2.74 bits per heavy atom. The highest BCUT2D eigenvalue weighted by Crippen LogP contribution is 2.33. The van der Waals surface area contributed by atoms with Gasteiger partial charge in [-0.15, -0.1) is 11.3 Å². The van der Waals surface area contributed by atoms with Crippen molar-refractivity contribution < 1.29 is 4.79 Å². The first-order valence-corrected chi connectivity index (χ1v) is 10.4. The van der Waals surface area contributed by atoms with Gasteiger partial charge in [0.2, 0.25) is 0 Å². The minimum atomic E-state index is 0.122. The number of carbonyl (C=O) groups is 1. The number of para-hydroxylation sites is 1. The molecule has 2 unspecified atom stereocenters. The highest BCUT2D eigenvalue weighted by atomic mass is 32.1. The molecule has 1 amide bonds. The molecule has 138 valence electrons. The number of amides is 1. The van der Waals surface area contributed by atoms with Crippen molar-refractivity contribution in [3.05, 3.63) is 59.6 Å². The van der Waals surface area contributed by atoms with Crippen LogP contribution in [0.25, 0.3) is 16.3 Å². The number of nitrogens with zero attached hydrogens (tertiary/aromatic N) is 3. The van der Waals surface area contributed by atoms with Gasteiger partial charge in [-0.05, 0) is 49.4 Å². The van der Waals surface area contributed by atoms with E-state index in [1.54, 1.807) is 11.3 Å². The van der Waals surface area contributed by atoms with E-state index >= 15 is 0 Å². The number of rotatable bonds is 3. The maximum Gasteiger partial charge on any atom is 0.258 e. The van der Waals surface area contributed by atoms with Crippen molar-refractivity contribution in [2.75, 3.05) is 13.1 Å². The summed E-state index contributed by atoms with van der Waals surface area (Å²) in [5.41, 5.74) is 2.46. The molecule has 2 atom stereocenters. The van der Waals surface area contributed by atoms with E-state index in [9.17, 15) is 4.79 Å². The highest BCUT2D eigenvalue weighted by Gasteiger charge is 2.39. The number of hydrogen-bond acceptors (Lipinski definition) is 4. The zero-order valence-electron chi connectivity index (χ0n) is 15.0. The molecule has 2 fully saturated rings. The van der Waals surface area contributed by atoms with Crippen LogP contribution in [0.4, 0.5) is 0 Å². The molecule has 27 heavy (non-hydrogen) atoms. The van der Waals surface area contributed by atoms with Crippen molar-refractivity contribution in [2.45, 2.75) is 31.3 Å². The lowest BCUT2D eigenvalue weighted by molar-refractivity contribution is 0.0681. The largest absolute Gasteiger partial charge is 0.331 e. The van der Waals surface area contributed by atoms with Crippen LogP contribution < -0.4 is 5.32 Å². The highest BCUT2D eigenvalue weighted by molar-refractivity contribution is 7.13. The van der Waals surface area contributed by atoms with Gasteiger partial charge in [-0.2, -0.15) is 5.10 Å². The van der Waals surface area contributed by atoms with Crippen molar-refractivity contribution in [3.63, 3.8) is 0 Å². The van der Waals surface area contributed by atoms with E-state index in [4.69, 9.17) is 5.10 Å². The molecule has 2 aliphatic rings. The molecule has 3 aromatic rings. The Bertz CT molecular complexity index is 921. The van der Waals surface area contributed by atoms with Gasteiger partial charge in [0.05, 0.1) is 16.1 Å². The van der Waals surface area contributed by atoms with Gasteiger partial charge >= 0.3 is 0 Å². The Balaban J connectivity index is 1.58. The average Bonchev–Trinajstić information content (AvgIpc) is 3.39. The first-order chi connectivity index (χ1) is 13.3. The minimum absolute atomic E-state index is 0.122. The fraction of sp³-hybridized carbons (Fsp3) is 0.333. The summed E-state index contributed by atoms with van der Waals surface area (Å²) < 4.78 is 1.83. The van der Waals surface area contributed by atoms with Gasteiger partial charge in [-0.3, -0.25) is 4.79 Å². The quantitative estimate of drug-likeness (QED) is 0.758. The van der Waals surface area contributed by atoms with E-state index in [2.05, 4.69) is 10.2 Å². The van der Waals surface area contributed by atoms with Crippen LogP contribution >= 0.6 is 11.3 Å². The lowest BCUT2D eigenvalue weighted by atomic mass is 10.1. The van der Waals surface area contributed by atoms with Crippen LogP contribution in [0.3, 0.4) is 0 Å². The van der Waals surface area contributed by atoms with Crippen LogP contribution in [0.1, 0.15) is 29.6 Å². The van der Waals surface area contributed by atoms with E-state index in [1.165, 1.54) is 0 Å². The molecule has 2 aromatic heterocycles. The molecule has 1 N–H and O–H groups in total. The standard InChI is InChI=1S/C21H22N4OS/c26-21(25-16-8-9-17(25)13-22-11-10-16)18-14-24(15-5-2-1-3-6-15)23-20(18)19-7-4-12-27-19/h1-7,12,14,16-17,22H,8-11,13H2. The fourth-order valence-corrected chi connectivity index (χ4v) is 5.02. The van der Waals surface area contributed by atoms with Gasteiger partial charge < -0.3 is 10.2 Å². The monoisotopic (exact) mass is 378 g/mol. The third-order valence-corrected chi connectivity index (χ3v) is 6.49. The Morgan fingerprint density at radius 2 is 1.93 bits per heavy atom. The van der Waals surface area contributed by atoms with Crippen molar-refractivity contribution in [2.24, 2.45) is 0 Å². The molecule has 6 heteroatoms. The number of hydrogen-bond donors (Lipinski definition) is 1. The van der Waals surface area contributed by atoms with Crippen molar-refractivity contribution >= 4 is 17.2 Å². The zero-order valence-corrected chi connectivity index (χ0v) is 15.9. The molecule has 0 spiro atoms. The SMILES string of the molecule is O=C(c1cn(-c2ccccc2)nc1-c1cccs1)N1C2CCNCC1CC2. The molecular weight excluding hydrogens is 356 g/mol. The Labute approximate surface area is 162 Å². The summed E-state index contributed by atoms with van der Waals surface area (Å²) in [6.07, 6.45) is 5.14. The van der Waals surface area contributed by atoms with Crippen LogP contribution in [0, 0.1) is 0 Å². The van der Waals surface area contributed by atoms with Crippen LogP contribution in [-0.2, 0) is 0 Å². The van der Waals surface area contributed by atoms with Crippen LogP contribution in [0.5, 0.6) is 0 Å². The maximum absolute atomic E-state index is 13.6. The molecule has 0 saturated carbocycles. The first kappa shape index (κ1) is 16.7. The van der Waals surface area contributed by atoms with Crippen LogP contribution in [-0.4, -0.2) is 45.8 Å². The van der Waals surface area contributed by atoms with E-state index < -0.39 is 0 Å². The number of carbonyl (C=O) groups excluding carboxylic acids is 1. The molecule has 2 aliphatic heterocycles. The molecular formula is C21H22N4OS. The average molecular weight is 379 g/mol. The predicted octanol–water partition coefficient (Wildman–Crippen LogP) is 3.57. The molecule has 4 heterocycles. The van der Waals surface area contributed by atoms with Crippen LogP contribution in [0.2, 0.25) is 0 Å². The third kappa shape index (κ3) is 2.99. The maximum atomic E-state index is 13.6. The first-order valence-electron chi connectivity index (χ1n) is 9.53. The minimum Gasteiger partial charge on any atom is -0.331 e. The summed E-state index contributed by atoms with van der Waals surface area (Å²) in [6.45, 7) is 1.88. The predicted molar refractivity (Wildman–Crippen MR) is 107 cm³/mol. The van der Waals surface area contributed by atoms with Gasteiger partial charge in [0.25, 0.3) is 5.91 Å². The second-order valence-corrected chi connectivity index (χ2v) is 8.19. The second kappa shape index (κ2) is 6.94. The number of thiophene rings is 1. The summed E-state index contributed by atoms with van der Waals surface area (Å²) in [6, 6.07) is 14.7. The Kier molecular flexibility index (Phi) is 4.30. The number of aromatic nitrogens is 2. The van der Waals surface area contributed by atoms with Gasteiger partial charge in [0.15, 0.2) is 0 Å². The summed E-state index contributed by atoms with van der Waals surface area (Å²) in [7, 11) is 0. The third-order valence-electron chi connectivity index (χ3n) is 5.61. The second-order valence-electron chi connectivity index (χ2n) is 7.24. The Morgan fingerprint density at radius 1 is 1.07 bits per heavy atom. The van der Waals surface area contributed by atoms with Gasteiger partial charge in [0, 0.05) is 24.8 Å². The molecule has 1 aromatic carbocycles. The van der Waals surface area contributed by atoms with E-state index in [-0.39, 0.29) is 5.91 Å². The van der Waals surface area contributed by atoms with Gasteiger partial charge in [-0.1, -0.05) is 24.3 Å². The smallest absolute Gasteiger partial charge is 0.258 e. The van der Waals surface area contributed by atoms with Crippen molar-refractivity contribution in [1.29, 1.82) is 0 Å². The lowest BCUT2D eigenvalue weighted by Crippen LogP contribution is -2.42. The molecule has 5 rings (SSSR count). The van der Waals surface area contributed by atoms with E-state index in [1.807, 2.05) is 58.7 Å². The van der Waals surface area contributed by atoms with E-state index in [0.717, 1.165) is 48.6 Å². The van der Waals surface area contributed by atoms with Crippen molar-refractivity contribution in [1.82, 2.24) is 20.0 Å². The molecule has 2 saturated heterocycles. The van der Waals surface area contributed by atoms with E-state index in [0.29, 0.717) is 17.6 Å².